The first-order valence-electron chi connectivity index (χ1n) is 10.1. The predicted molar refractivity (Wildman–Crippen MR) is 109 cm³/mol. The fourth-order valence-corrected chi connectivity index (χ4v) is 5.59. The first kappa shape index (κ1) is 20.6. The topological polar surface area (TPSA) is 78.0 Å². The lowest BCUT2D eigenvalue weighted by atomic mass is 9.94. The van der Waals surface area contributed by atoms with E-state index in [1.165, 1.54) is 4.31 Å². The number of anilines is 1. The Balaban J connectivity index is 1.66. The maximum absolute atomic E-state index is 12.9. The molecule has 28 heavy (non-hydrogen) atoms. The van der Waals surface area contributed by atoms with E-state index in [-0.39, 0.29) is 23.5 Å². The van der Waals surface area contributed by atoms with Gasteiger partial charge in [-0.25, -0.2) is 8.42 Å². The van der Waals surface area contributed by atoms with E-state index in [1.807, 2.05) is 18.7 Å². The Morgan fingerprint density at radius 1 is 1.11 bits per heavy atom. The molecule has 2 aliphatic rings. The lowest BCUT2D eigenvalue weighted by Crippen LogP contribution is -2.44. The first-order valence-corrected chi connectivity index (χ1v) is 11.7. The summed E-state index contributed by atoms with van der Waals surface area (Å²) in [6, 6.07) is 6.85. The van der Waals surface area contributed by atoms with Crippen molar-refractivity contribution in [3.63, 3.8) is 0 Å². The zero-order valence-corrected chi connectivity index (χ0v) is 17.5. The second-order valence-electron chi connectivity index (χ2n) is 7.37. The van der Waals surface area contributed by atoms with E-state index in [4.69, 9.17) is 0 Å². The van der Waals surface area contributed by atoms with Crippen molar-refractivity contribution in [3.05, 3.63) is 29.8 Å². The molecule has 0 aromatic heterocycles. The number of hydrogen-bond donors (Lipinski definition) is 0. The summed E-state index contributed by atoms with van der Waals surface area (Å²) in [6.07, 6.45) is 1.94. The second kappa shape index (κ2) is 8.51. The molecule has 0 aliphatic carbocycles. The summed E-state index contributed by atoms with van der Waals surface area (Å²) in [6.45, 7) is 6.92. The smallest absolute Gasteiger partial charge is 0.253 e. The van der Waals surface area contributed by atoms with Gasteiger partial charge in [0.15, 0.2) is 0 Å². The van der Waals surface area contributed by atoms with Crippen LogP contribution in [0, 0.1) is 5.92 Å². The molecule has 8 heteroatoms. The number of rotatable bonds is 5. The molecule has 1 aromatic carbocycles. The van der Waals surface area contributed by atoms with E-state index in [9.17, 15) is 18.0 Å². The van der Waals surface area contributed by atoms with E-state index < -0.39 is 10.0 Å². The minimum absolute atomic E-state index is 0.0231. The van der Waals surface area contributed by atoms with Gasteiger partial charge in [-0.15, -0.1) is 0 Å². The maximum Gasteiger partial charge on any atom is 0.253 e. The zero-order valence-electron chi connectivity index (χ0n) is 16.6. The molecule has 0 unspecified atom stereocenters. The fourth-order valence-electron chi connectivity index (χ4n) is 4.03. The molecule has 2 saturated heterocycles. The predicted octanol–water partition coefficient (Wildman–Crippen LogP) is 1.95. The Hall–Kier alpha value is -2.09. The summed E-state index contributed by atoms with van der Waals surface area (Å²) in [5.41, 5.74) is 1.04. The molecule has 7 nitrogen and oxygen atoms in total. The Labute approximate surface area is 167 Å². The molecule has 0 bridgehead atoms. The summed E-state index contributed by atoms with van der Waals surface area (Å²) < 4.78 is 25.7. The van der Waals surface area contributed by atoms with E-state index >= 15 is 0 Å². The van der Waals surface area contributed by atoms with Crippen molar-refractivity contribution >= 4 is 27.5 Å². The average Bonchev–Trinajstić information content (AvgIpc) is 3.07. The highest BCUT2D eigenvalue weighted by Crippen LogP contribution is 2.26. The Morgan fingerprint density at radius 2 is 1.79 bits per heavy atom. The monoisotopic (exact) mass is 407 g/mol. The van der Waals surface area contributed by atoms with Gasteiger partial charge in [-0.3, -0.25) is 13.9 Å². The van der Waals surface area contributed by atoms with Crippen molar-refractivity contribution in [1.29, 1.82) is 0 Å². The van der Waals surface area contributed by atoms with Crippen LogP contribution >= 0.6 is 0 Å². The summed E-state index contributed by atoms with van der Waals surface area (Å²) in [4.78, 5) is 29.0. The maximum atomic E-state index is 12.9. The summed E-state index contributed by atoms with van der Waals surface area (Å²) in [7, 11) is -3.27. The van der Waals surface area contributed by atoms with E-state index in [0.717, 1.165) is 0 Å². The van der Waals surface area contributed by atoms with Crippen LogP contribution in [0.2, 0.25) is 0 Å². The standard InChI is InChI=1S/C20H29N3O4S/c1-3-21(4-2)19(24)16-9-12-22(13-10-16)20(25)17-7-5-8-18(15-17)23-11-6-14-28(23,26)27/h5,7-8,15-16H,3-4,6,9-14H2,1-2H3. The molecule has 2 amide bonds. The highest BCUT2D eigenvalue weighted by atomic mass is 32.2. The number of amides is 2. The normalized spacial score (nSPS) is 19.6. The van der Waals surface area contributed by atoms with Crippen molar-refractivity contribution in [2.24, 2.45) is 5.92 Å². The summed E-state index contributed by atoms with van der Waals surface area (Å²) in [5.74, 6) is 0.203. The highest BCUT2D eigenvalue weighted by Gasteiger charge is 2.31. The molecule has 2 fully saturated rings. The van der Waals surface area contributed by atoms with Gasteiger partial charge in [-0.05, 0) is 51.3 Å². The quantitative estimate of drug-likeness (QED) is 0.747. The molecule has 154 valence electrons. The number of nitrogens with zero attached hydrogens (tertiary/aromatic N) is 3. The third kappa shape index (κ3) is 4.16. The molecule has 0 spiro atoms. The molecule has 1 aromatic rings. The number of likely N-dealkylation sites (tertiary alicyclic amines) is 1. The van der Waals surface area contributed by atoms with Crippen molar-refractivity contribution in [2.45, 2.75) is 33.1 Å². The number of sulfonamides is 1. The molecule has 0 saturated carbocycles. The van der Waals surface area contributed by atoms with Crippen molar-refractivity contribution < 1.29 is 18.0 Å². The van der Waals surface area contributed by atoms with Crippen LogP contribution in [-0.2, 0) is 14.8 Å². The molecule has 0 radical (unpaired) electrons. The van der Waals surface area contributed by atoms with E-state index in [0.29, 0.717) is 63.2 Å². The van der Waals surface area contributed by atoms with Crippen molar-refractivity contribution in [3.8, 4) is 0 Å². The summed E-state index contributed by atoms with van der Waals surface area (Å²) >= 11 is 0. The Bertz CT molecular complexity index is 828. The fraction of sp³-hybridized carbons (Fsp3) is 0.600. The molecule has 2 aliphatic heterocycles. The molecule has 0 atom stereocenters. The van der Waals surface area contributed by atoms with Crippen LogP contribution in [0.3, 0.4) is 0 Å². The number of carbonyl (C=O) groups is 2. The van der Waals surface area contributed by atoms with Gasteiger partial charge in [-0.2, -0.15) is 0 Å². The van der Waals surface area contributed by atoms with Gasteiger partial charge in [0.2, 0.25) is 15.9 Å². The van der Waals surface area contributed by atoms with Crippen LogP contribution in [-0.4, -0.2) is 68.5 Å². The van der Waals surface area contributed by atoms with Crippen LogP contribution in [0.15, 0.2) is 24.3 Å². The van der Waals surface area contributed by atoms with E-state index in [1.54, 1.807) is 29.2 Å². The molecule has 2 heterocycles. The van der Waals surface area contributed by atoms with Gasteiger partial charge < -0.3 is 9.80 Å². The zero-order chi connectivity index (χ0) is 20.3. The van der Waals surface area contributed by atoms with Crippen molar-refractivity contribution in [2.75, 3.05) is 42.8 Å². The third-order valence-electron chi connectivity index (χ3n) is 5.69. The number of carbonyl (C=O) groups excluding carboxylic acids is 2. The van der Waals surface area contributed by atoms with Crippen LogP contribution in [0.5, 0.6) is 0 Å². The average molecular weight is 408 g/mol. The largest absolute Gasteiger partial charge is 0.343 e. The van der Waals surface area contributed by atoms with Crippen LogP contribution in [0.4, 0.5) is 5.69 Å². The minimum Gasteiger partial charge on any atom is -0.343 e. The van der Waals surface area contributed by atoms with Gasteiger partial charge in [0, 0.05) is 44.2 Å². The van der Waals surface area contributed by atoms with Gasteiger partial charge in [0.1, 0.15) is 0 Å². The lowest BCUT2D eigenvalue weighted by Gasteiger charge is -2.34. The van der Waals surface area contributed by atoms with Crippen LogP contribution < -0.4 is 4.31 Å². The Kier molecular flexibility index (Phi) is 6.27. The van der Waals surface area contributed by atoms with Gasteiger partial charge in [0.05, 0.1) is 11.4 Å². The molecule has 0 N–H and O–H groups in total. The number of benzene rings is 1. The molecular formula is C20H29N3O4S. The van der Waals surface area contributed by atoms with Crippen LogP contribution in [0.1, 0.15) is 43.5 Å². The van der Waals surface area contributed by atoms with E-state index in [2.05, 4.69) is 0 Å². The molecule has 3 rings (SSSR count). The highest BCUT2D eigenvalue weighted by molar-refractivity contribution is 7.93. The first-order chi connectivity index (χ1) is 13.4. The minimum atomic E-state index is -3.27. The SMILES string of the molecule is CCN(CC)C(=O)C1CCN(C(=O)c2cccc(N3CCCS3(=O)=O)c2)CC1. The number of piperidine rings is 1. The van der Waals surface area contributed by atoms with Gasteiger partial charge in [0.25, 0.3) is 5.91 Å². The molecular weight excluding hydrogens is 378 g/mol. The summed E-state index contributed by atoms with van der Waals surface area (Å²) in [5, 5.41) is 0. The lowest BCUT2D eigenvalue weighted by molar-refractivity contribution is -0.136. The third-order valence-corrected chi connectivity index (χ3v) is 7.56. The van der Waals surface area contributed by atoms with Gasteiger partial charge in [-0.1, -0.05) is 6.07 Å². The number of hydrogen-bond acceptors (Lipinski definition) is 4. The second-order valence-corrected chi connectivity index (χ2v) is 9.38. The van der Waals surface area contributed by atoms with Gasteiger partial charge >= 0.3 is 0 Å². The van der Waals surface area contributed by atoms with Crippen molar-refractivity contribution in [1.82, 2.24) is 9.80 Å². The van der Waals surface area contributed by atoms with Crippen LogP contribution in [0.25, 0.3) is 0 Å². The Morgan fingerprint density at radius 3 is 2.36 bits per heavy atom.